The second-order valence-corrected chi connectivity index (χ2v) is 8.51. The Morgan fingerprint density at radius 2 is 2.10 bits per heavy atom. The van der Waals surface area contributed by atoms with Crippen LogP contribution in [0.15, 0.2) is 24.3 Å². The van der Waals surface area contributed by atoms with Crippen molar-refractivity contribution < 1.29 is 24.2 Å². The second-order valence-electron chi connectivity index (χ2n) is 8.51. The first-order valence-electron chi connectivity index (χ1n) is 11.5. The number of methoxy groups -OCH3 is 1. The Hall–Kier alpha value is -1.66. The Balaban J connectivity index is 1.68. The highest BCUT2D eigenvalue weighted by molar-refractivity contribution is 5.81. The molecule has 1 heterocycles. The number of amides is 1. The first kappa shape index (κ1) is 24.6. The van der Waals surface area contributed by atoms with Gasteiger partial charge in [-0.05, 0) is 43.9 Å². The maximum atomic E-state index is 11.7. The van der Waals surface area contributed by atoms with E-state index in [9.17, 15) is 14.7 Å². The maximum Gasteiger partial charge on any atom is 0.325 e. The number of nitrogens with one attached hydrogen (secondary N) is 1. The first-order valence-corrected chi connectivity index (χ1v) is 11.5. The van der Waals surface area contributed by atoms with Crippen LogP contribution in [0, 0.1) is 17.8 Å². The van der Waals surface area contributed by atoms with Gasteiger partial charge < -0.3 is 19.9 Å². The highest BCUT2D eigenvalue weighted by Crippen LogP contribution is 2.47. The zero-order valence-electron chi connectivity index (χ0n) is 18.6. The van der Waals surface area contributed by atoms with Crippen LogP contribution >= 0.6 is 0 Å². The number of hydrogen-bond donors (Lipinski definition) is 2. The number of hydrogen-bond acceptors (Lipinski definition) is 5. The van der Waals surface area contributed by atoms with Gasteiger partial charge in [-0.15, -0.1) is 0 Å². The first-order chi connectivity index (χ1) is 14.5. The zero-order valence-corrected chi connectivity index (χ0v) is 18.6. The molecule has 1 saturated heterocycles. The summed E-state index contributed by atoms with van der Waals surface area (Å²) in [5.41, 5.74) is 0. The van der Waals surface area contributed by atoms with E-state index in [0.29, 0.717) is 30.3 Å². The molecule has 2 unspecified atom stereocenters. The van der Waals surface area contributed by atoms with Crippen LogP contribution in [0.4, 0.5) is 0 Å². The summed E-state index contributed by atoms with van der Waals surface area (Å²) in [6.07, 6.45) is 16.9. The van der Waals surface area contributed by atoms with Crippen molar-refractivity contribution in [3.05, 3.63) is 24.3 Å². The van der Waals surface area contributed by atoms with Crippen molar-refractivity contribution >= 4 is 11.9 Å². The summed E-state index contributed by atoms with van der Waals surface area (Å²) < 4.78 is 10.4. The van der Waals surface area contributed by atoms with Crippen LogP contribution in [0.2, 0.25) is 0 Å². The van der Waals surface area contributed by atoms with E-state index in [1.165, 1.54) is 20.0 Å². The zero-order chi connectivity index (χ0) is 21.8. The van der Waals surface area contributed by atoms with Crippen LogP contribution < -0.4 is 5.32 Å². The van der Waals surface area contributed by atoms with E-state index in [0.717, 1.165) is 45.1 Å². The lowest BCUT2D eigenvalue weighted by molar-refractivity contribution is -0.141. The number of allylic oxidation sites excluding steroid dienone is 2. The Kier molecular flexibility index (Phi) is 11.2. The molecule has 1 aliphatic carbocycles. The quantitative estimate of drug-likeness (QED) is 0.255. The van der Waals surface area contributed by atoms with Crippen LogP contribution in [0.25, 0.3) is 0 Å². The third-order valence-corrected chi connectivity index (χ3v) is 6.25. The van der Waals surface area contributed by atoms with E-state index in [4.69, 9.17) is 4.74 Å². The molecule has 30 heavy (non-hydrogen) atoms. The van der Waals surface area contributed by atoms with Gasteiger partial charge in [-0.1, -0.05) is 50.5 Å². The fourth-order valence-electron chi connectivity index (χ4n) is 4.49. The molecule has 2 rings (SSSR count). The second kappa shape index (κ2) is 13.6. The Bertz CT molecular complexity index is 588. The number of aliphatic hydroxyl groups is 1. The van der Waals surface area contributed by atoms with E-state index in [1.807, 2.05) is 6.08 Å². The highest BCUT2D eigenvalue weighted by Gasteiger charge is 2.46. The average Bonchev–Trinajstić information content (AvgIpc) is 3.35. The van der Waals surface area contributed by atoms with Gasteiger partial charge in [0.15, 0.2) is 0 Å². The van der Waals surface area contributed by atoms with Gasteiger partial charge in [-0.25, -0.2) is 0 Å². The van der Waals surface area contributed by atoms with Crippen molar-refractivity contribution in [1.29, 1.82) is 0 Å². The Morgan fingerprint density at radius 3 is 2.87 bits per heavy atom. The lowest BCUT2D eigenvalue weighted by atomic mass is 9.84. The number of carbonyl (C=O) groups is 2. The molecular weight excluding hydrogens is 382 g/mol. The molecule has 0 aromatic rings. The maximum absolute atomic E-state index is 11.7. The Labute approximate surface area is 181 Å². The number of rotatable bonds is 14. The van der Waals surface area contributed by atoms with Crippen molar-refractivity contribution in [3.63, 3.8) is 0 Å². The molecule has 1 aliphatic heterocycles. The summed E-state index contributed by atoms with van der Waals surface area (Å²) in [5, 5.41) is 12.7. The normalized spacial score (nSPS) is 26.5. The van der Waals surface area contributed by atoms with Gasteiger partial charge in [0.1, 0.15) is 6.54 Å². The van der Waals surface area contributed by atoms with Gasteiger partial charge in [0.25, 0.3) is 0 Å². The molecule has 5 atom stereocenters. The molecule has 2 aliphatic rings. The molecular formula is C24H39NO5. The standard InChI is InChI=1S/C24H39NO5/c1-3-4-7-10-19(26)13-14-21-20(18-15-22(21)30-17-18)11-8-5-6-9-12-23(27)25-16-24(28)29-2/h5,8,13-14,18-22,26H,3-4,6-7,9-12,15-17H2,1-2H3,(H,25,27)/b8-5-,14-13+/t18?,19-,20-,21+,22?/m0/s1. The van der Waals surface area contributed by atoms with Gasteiger partial charge >= 0.3 is 5.97 Å². The molecule has 0 aromatic heterocycles. The summed E-state index contributed by atoms with van der Waals surface area (Å²) in [6.45, 7) is 2.96. The van der Waals surface area contributed by atoms with Crippen molar-refractivity contribution in [3.8, 4) is 0 Å². The molecule has 2 N–H and O–H groups in total. The minimum Gasteiger partial charge on any atom is -0.468 e. The number of esters is 1. The predicted molar refractivity (Wildman–Crippen MR) is 117 cm³/mol. The van der Waals surface area contributed by atoms with Gasteiger partial charge in [0.05, 0.1) is 25.9 Å². The summed E-state index contributed by atoms with van der Waals surface area (Å²) in [5.74, 6) is 1.01. The predicted octanol–water partition coefficient (Wildman–Crippen LogP) is 3.54. The fourth-order valence-corrected chi connectivity index (χ4v) is 4.49. The lowest BCUT2D eigenvalue weighted by Gasteiger charge is -2.28. The third kappa shape index (κ3) is 8.23. The van der Waals surface area contributed by atoms with E-state index in [1.54, 1.807) is 0 Å². The number of fused-ring (bicyclic) bond motifs is 2. The molecule has 2 bridgehead atoms. The highest BCUT2D eigenvalue weighted by atomic mass is 16.5. The van der Waals surface area contributed by atoms with Crippen molar-refractivity contribution in [1.82, 2.24) is 5.32 Å². The fraction of sp³-hybridized carbons (Fsp3) is 0.750. The summed E-state index contributed by atoms with van der Waals surface area (Å²) in [6, 6.07) is 0. The topological polar surface area (TPSA) is 84.9 Å². The van der Waals surface area contributed by atoms with E-state index in [2.05, 4.69) is 35.2 Å². The van der Waals surface area contributed by atoms with Crippen LogP contribution in [0.3, 0.4) is 0 Å². The molecule has 1 amide bonds. The summed E-state index contributed by atoms with van der Waals surface area (Å²) >= 11 is 0. The van der Waals surface area contributed by atoms with Crippen molar-refractivity contribution in [2.45, 2.75) is 76.9 Å². The van der Waals surface area contributed by atoms with Gasteiger partial charge in [-0.3, -0.25) is 9.59 Å². The number of aliphatic hydroxyl groups excluding tert-OH is 1. The molecule has 170 valence electrons. The molecule has 1 saturated carbocycles. The largest absolute Gasteiger partial charge is 0.468 e. The van der Waals surface area contributed by atoms with E-state index >= 15 is 0 Å². The summed E-state index contributed by atoms with van der Waals surface area (Å²) in [4.78, 5) is 22.7. The number of unbranched alkanes of at least 4 members (excludes halogenated alkanes) is 3. The van der Waals surface area contributed by atoms with E-state index in [-0.39, 0.29) is 18.6 Å². The molecule has 2 fully saturated rings. The SMILES string of the molecule is CCCCC[C@H](O)/C=C/[C@H]1C2CC(CO2)[C@@H]1C/C=C\CCCC(=O)NCC(=O)OC. The average molecular weight is 422 g/mol. The molecule has 6 nitrogen and oxygen atoms in total. The van der Waals surface area contributed by atoms with Crippen molar-refractivity contribution in [2.75, 3.05) is 20.3 Å². The molecule has 0 radical (unpaired) electrons. The number of carbonyl (C=O) groups excluding carboxylic acids is 2. The molecule has 6 heteroatoms. The van der Waals surface area contributed by atoms with Gasteiger partial charge in [0.2, 0.25) is 5.91 Å². The minimum atomic E-state index is -0.435. The van der Waals surface area contributed by atoms with Crippen LogP contribution in [0.1, 0.15) is 64.7 Å². The Morgan fingerprint density at radius 1 is 1.27 bits per heavy atom. The smallest absolute Gasteiger partial charge is 0.325 e. The van der Waals surface area contributed by atoms with E-state index < -0.39 is 5.97 Å². The number of ether oxygens (including phenoxy) is 2. The summed E-state index contributed by atoms with van der Waals surface area (Å²) in [7, 11) is 1.30. The van der Waals surface area contributed by atoms with Crippen molar-refractivity contribution in [2.24, 2.45) is 17.8 Å². The van der Waals surface area contributed by atoms with Crippen LogP contribution in [0.5, 0.6) is 0 Å². The van der Waals surface area contributed by atoms with Gasteiger partial charge in [-0.2, -0.15) is 0 Å². The lowest BCUT2D eigenvalue weighted by Crippen LogP contribution is -2.29. The van der Waals surface area contributed by atoms with Crippen LogP contribution in [-0.2, 0) is 19.1 Å². The minimum absolute atomic E-state index is 0.0698. The molecule has 0 aromatic carbocycles. The monoisotopic (exact) mass is 421 g/mol. The van der Waals surface area contributed by atoms with Gasteiger partial charge in [0, 0.05) is 12.3 Å². The van der Waals surface area contributed by atoms with Crippen LogP contribution in [-0.4, -0.2) is 49.5 Å². The third-order valence-electron chi connectivity index (χ3n) is 6.25. The molecule has 0 spiro atoms.